The third kappa shape index (κ3) is 4.12. The second-order valence-corrected chi connectivity index (χ2v) is 9.39. The molecule has 2 unspecified atom stereocenters. The lowest BCUT2D eigenvalue weighted by Crippen LogP contribution is -2.50. The first kappa shape index (κ1) is 22.3. The van der Waals surface area contributed by atoms with E-state index < -0.39 is 11.5 Å². The average Bonchev–Trinajstić information content (AvgIpc) is 2.96. The molecule has 0 radical (unpaired) electrons. The molecule has 1 aromatic heterocycles. The van der Waals surface area contributed by atoms with E-state index in [9.17, 15) is 14.7 Å². The molecule has 31 heavy (non-hydrogen) atoms. The molecule has 2 atom stereocenters. The van der Waals surface area contributed by atoms with Crippen molar-refractivity contribution in [2.24, 2.45) is 0 Å². The maximum absolute atomic E-state index is 13.1. The van der Waals surface area contributed by atoms with Crippen LogP contribution in [0.4, 0.5) is 0 Å². The van der Waals surface area contributed by atoms with Crippen LogP contribution in [-0.2, 0) is 0 Å². The van der Waals surface area contributed by atoms with E-state index in [2.05, 4.69) is 9.88 Å². The molecule has 1 aromatic carbocycles. The molecule has 168 valence electrons. The zero-order valence-corrected chi connectivity index (χ0v) is 18.7. The molecular formula is C24H32ClN3O3. The van der Waals surface area contributed by atoms with Gasteiger partial charge >= 0.3 is 5.97 Å². The van der Waals surface area contributed by atoms with E-state index >= 15 is 0 Å². The number of carboxylic acid groups (broad SMARTS) is 1. The number of hydrogen-bond acceptors (Lipinski definition) is 4. The zero-order valence-electron chi connectivity index (χ0n) is 17.9. The molecule has 1 aliphatic carbocycles. The van der Waals surface area contributed by atoms with Gasteiger partial charge in [-0.05, 0) is 50.7 Å². The van der Waals surface area contributed by atoms with Crippen molar-refractivity contribution in [2.45, 2.75) is 94.8 Å². The minimum Gasteiger partial charge on any atom is -0.476 e. The van der Waals surface area contributed by atoms with Crippen LogP contribution in [0, 0.1) is 0 Å². The molecule has 6 nitrogen and oxygen atoms in total. The van der Waals surface area contributed by atoms with Crippen LogP contribution in [0.25, 0.3) is 11.0 Å². The van der Waals surface area contributed by atoms with Crippen molar-refractivity contribution in [1.29, 1.82) is 0 Å². The molecule has 1 saturated carbocycles. The summed E-state index contributed by atoms with van der Waals surface area (Å²) in [4.78, 5) is 31.8. The Bertz CT molecular complexity index is 985. The maximum atomic E-state index is 13.1. The Hall–Kier alpha value is -1.92. The van der Waals surface area contributed by atoms with Crippen LogP contribution >= 0.6 is 12.4 Å². The Morgan fingerprint density at radius 2 is 1.48 bits per heavy atom. The smallest absolute Gasteiger partial charge is 0.360 e. The minimum absolute atomic E-state index is 0. The monoisotopic (exact) mass is 445 g/mol. The second kappa shape index (κ2) is 9.29. The predicted octanol–water partition coefficient (Wildman–Crippen LogP) is 4.80. The fourth-order valence-corrected chi connectivity index (χ4v) is 6.38. The molecule has 3 fully saturated rings. The number of nitrogens with zero attached hydrogens (tertiary/aromatic N) is 3. The van der Waals surface area contributed by atoms with Crippen molar-refractivity contribution in [1.82, 2.24) is 14.5 Å². The number of aromatic carboxylic acids is 1. The highest BCUT2D eigenvalue weighted by Crippen LogP contribution is 2.44. The fraction of sp³-hybridized carbons (Fsp3) is 0.625. The van der Waals surface area contributed by atoms with Crippen molar-refractivity contribution in [3.8, 4) is 0 Å². The molecule has 7 heteroatoms. The van der Waals surface area contributed by atoms with Crippen molar-refractivity contribution < 1.29 is 9.90 Å². The van der Waals surface area contributed by atoms with Gasteiger partial charge < -0.3 is 9.67 Å². The number of piperidine rings is 1. The van der Waals surface area contributed by atoms with Crippen molar-refractivity contribution in [3.05, 3.63) is 40.3 Å². The first-order valence-corrected chi connectivity index (χ1v) is 11.7. The predicted molar refractivity (Wildman–Crippen MR) is 123 cm³/mol. The van der Waals surface area contributed by atoms with Crippen LogP contribution in [0.1, 0.15) is 87.2 Å². The summed E-state index contributed by atoms with van der Waals surface area (Å²) in [5.74, 6) is -1.24. The van der Waals surface area contributed by atoms with Gasteiger partial charge in [0, 0.05) is 24.2 Å². The highest BCUT2D eigenvalue weighted by atomic mass is 35.5. The number of carbonyl (C=O) groups is 1. The van der Waals surface area contributed by atoms with Crippen LogP contribution in [0.5, 0.6) is 0 Å². The highest BCUT2D eigenvalue weighted by Gasteiger charge is 2.44. The molecule has 3 heterocycles. The molecular weight excluding hydrogens is 414 g/mol. The number of rotatable bonds is 3. The molecule has 0 amide bonds. The fourth-order valence-electron chi connectivity index (χ4n) is 6.38. The van der Waals surface area contributed by atoms with Gasteiger partial charge in [0.2, 0.25) is 5.69 Å². The largest absolute Gasteiger partial charge is 0.476 e. The number of halogens is 1. The number of para-hydroxylation sites is 2. The number of benzene rings is 1. The molecule has 1 N–H and O–H groups in total. The molecule has 2 saturated heterocycles. The van der Waals surface area contributed by atoms with Gasteiger partial charge in [0.15, 0.2) is 0 Å². The summed E-state index contributed by atoms with van der Waals surface area (Å²) in [6.07, 6.45) is 13.6. The van der Waals surface area contributed by atoms with Gasteiger partial charge in [-0.15, -0.1) is 12.4 Å². The number of aromatic nitrogens is 2. The van der Waals surface area contributed by atoms with E-state index in [0.29, 0.717) is 23.6 Å². The van der Waals surface area contributed by atoms with E-state index in [4.69, 9.17) is 0 Å². The summed E-state index contributed by atoms with van der Waals surface area (Å²) in [7, 11) is 0. The van der Waals surface area contributed by atoms with Crippen LogP contribution in [-0.4, -0.2) is 43.7 Å². The van der Waals surface area contributed by atoms with Crippen LogP contribution in [0.2, 0.25) is 0 Å². The Balaban J connectivity index is 0.00000231. The molecule has 3 aliphatic rings. The first-order valence-electron chi connectivity index (χ1n) is 11.7. The zero-order chi connectivity index (χ0) is 20.7. The van der Waals surface area contributed by atoms with Gasteiger partial charge in [-0.2, -0.15) is 0 Å². The number of fused-ring (bicyclic) bond motifs is 3. The van der Waals surface area contributed by atoms with E-state index in [0.717, 1.165) is 18.4 Å². The lowest BCUT2D eigenvalue weighted by molar-refractivity contribution is 0.0495. The van der Waals surface area contributed by atoms with Crippen molar-refractivity contribution in [3.63, 3.8) is 0 Å². The summed E-state index contributed by atoms with van der Waals surface area (Å²) in [6.45, 7) is 0. The molecule has 2 bridgehead atoms. The van der Waals surface area contributed by atoms with Gasteiger partial charge in [0.25, 0.3) is 5.56 Å². The molecule has 5 rings (SSSR count). The minimum atomic E-state index is -1.24. The Kier molecular flexibility index (Phi) is 6.68. The van der Waals surface area contributed by atoms with E-state index in [1.807, 2.05) is 18.2 Å². The summed E-state index contributed by atoms with van der Waals surface area (Å²) in [6, 6.07) is 9.19. The van der Waals surface area contributed by atoms with Gasteiger partial charge in [-0.1, -0.05) is 44.2 Å². The highest BCUT2D eigenvalue weighted by molar-refractivity contribution is 5.88. The number of hydrogen-bond donors (Lipinski definition) is 1. The first-order chi connectivity index (χ1) is 14.6. The maximum Gasteiger partial charge on any atom is 0.360 e. The van der Waals surface area contributed by atoms with E-state index in [1.165, 1.54) is 57.8 Å². The van der Waals surface area contributed by atoms with Crippen LogP contribution in [0.15, 0.2) is 29.1 Å². The third-order valence-electron chi connectivity index (χ3n) is 7.62. The van der Waals surface area contributed by atoms with Gasteiger partial charge in [-0.25, -0.2) is 9.78 Å². The molecule has 2 aromatic rings. The van der Waals surface area contributed by atoms with Crippen LogP contribution < -0.4 is 5.56 Å². The van der Waals surface area contributed by atoms with Gasteiger partial charge in [0.05, 0.1) is 11.0 Å². The summed E-state index contributed by atoms with van der Waals surface area (Å²) in [5.41, 5.74) is 0.536. The topological polar surface area (TPSA) is 75.4 Å². The lowest BCUT2D eigenvalue weighted by Gasteiger charge is -2.45. The quantitative estimate of drug-likeness (QED) is 0.734. The standard InChI is InChI=1S/C24H31N3O3.ClH/c28-23-22(24(29)30)25-20-10-6-7-11-21(20)27(23)19-14-17-12-13-18(15-19)26(17)16-8-4-2-1-3-5-9-16;/h6-7,10-11,16-19H,1-5,8-9,12-15H2,(H,29,30);1H. The summed E-state index contributed by atoms with van der Waals surface area (Å²) < 4.78 is 1.76. The molecule has 0 spiro atoms. The van der Waals surface area contributed by atoms with E-state index in [-0.39, 0.29) is 24.1 Å². The molecule has 2 aliphatic heterocycles. The van der Waals surface area contributed by atoms with Gasteiger partial charge in [0.1, 0.15) is 0 Å². The van der Waals surface area contributed by atoms with Crippen LogP contribution in [0.3, 0.4) is 0 Å². The Morgan fingerprint density at radius 1 is 0.871 bits per heavy atom. The lowest BCUT2D eigenvalue weighted by atomic mass is 9.89. The second-order valence-electron chi connectivity index (χ2n) is 9.39. The Morgan fingerprint density at radius 3 is 2.13 bits per heavy atom. The summed E-state index contributed by atoms with van der Waals surface area (Å²) >= 11 is 0. The van der Waals surface area contributed by atoms with E-state index in [1.54, 1.807) is 10.6 Å². The van der Waals surface area contributed by atoms with Gasteiger partial charge in [-0.3, -0.25) is 9.69 Å². The summed E-state index contributed by atoms with van der Waals surface area (Å²) in [5, 5.41) is 9.54. The average molecular weight is 446 g/mol. The normalized spacial score (nSPS) is 27.4. The number of carboxylic acids is 1. The Labute approximate surface area is 189 Å². The van der Waals surface area contributed by atoms with Crippen molar-refractivity contribution in [2.75, 3.05) is 0 Å². The third-order valence-corrected chi connectivity index (χ3v) is 7.62. The SMILES string of the molecule is Cl.O=C(O)c1nc2ccccc2n(C2CC3CCC(C2)N3C2CCCCCCC2)c1=O. The van der Waals surface area contributed by atoms with Crippen molar-refractivity contribution >= 4 is 29.4 Å².